The van der Waals surface area contributed by atoms with Crippen molar-refractivity contribution in [3.63, 3.8) is 0 Å². The molecule has 1 amide bonds. The molecule has 102 valence electrons. The van der Waals surface area contributed by atoms with Crippen LogP contribution in [0.3, 0.4) is 0 Å². The number of rotatable bonds is 3. The second-order valence-corrected chi connectivity index (χ2v) is 6.05. The van der Waals surface area contributed by atoms with Crippen LogP contribution < -0.4 is 5.32 Å². The van der Waals surface area contributed by atoms with Gasteiger partial charge >= 0.3 is 0 Å². The Labute approximate surface area is 110 Å². The summed E-state index contributed by atoms with van der Waals surface area (Å²) >= 11 is 0. The predicted molar refractivity (Wildman–Crippen MR) is 71.4 cm³/mol. The van der Waals surface area contributed by atoms with Crippen LogP contribution in [0.5, 0.6) is 0 Å². The fraction of sp³-hybridized carbons (Fsp3) is 0.929. The maximum atomic E-state index is 12.2. The molecular formula is C14H25N3O. The van der Waals surface area contributed by atoms with E-state index in [1.807, 2.05) is 0 Å². The van der Waals surface area contributed by atoms with Gasteiger partial charge in [-0.05, 0) is 44.7 Å². The van der Waals surface area contributed by atoms with Crippen LogP contribution in [0.4, 0.5) is 0 Å². The topological polar surface area (TPSA) is 35.6 Å². The number of nitrogens with one attached hydrogen (secondary N) is 1. The third-order valence-electron chi connectivity index (χ3n) is 4.65. The minimum atomic E-state index is 0.400. The van der Waals surface area contributed by atoms with Gasteiger partial charge in [0, 0.05) is 38.6 Å². The Morgan fingerprint density at radius 2 is 1.67 bits per heavy atom. The minimum absolute atomic E-state index is 0.400. The monoisotopic (exact) mass is 251 g/mol. The SMILES string of the molecule is O=C(CC1CCNCC1)N1CCN(C2CC2)CC1. The van der Waals surface area contributed by atoms with E-state index in [2.05, 4.69) is 15.1 Å². The van der Waals surface area contributed by atoms with Gasteiger partial charge in [0.15, 0.2) is 0 Å². The first-order chi connectivity index (χ1) is 8.83. The van der Waals surface area contributed by atoms with Crippen LogP contribution in [0.2, 0.25) is 0 Å². The summed E-state index contributed by atoms with van der Waals surface area (Å²) in [5, 5.41) is 3.36. The maximum absolute atomic E-state index is 12.2. The first kappa shape index (κ1) is 12.4. The molecule has 4 nitrogen and oxygen atoms in total. The molecular weight excluding hydrogens is 226 g/mol. The molecule has 3 fully saturated rings. The Balaban J connectivity index is 1.42. The van der Waals surface area contributed by atoms with Crippen LogP contribution in [0, 0.1) is 5.92 Å². The number of amides is 1. The largest absolute Gasteiger partial charge is 0.340 e. The van der Waals surface area contributed by atoms with E-state index in [4.69, 9.17) is 0 Å². The third-order valence-corrected chi connectivity index (χ3v) is 4.65. The van der Waals surface area contributed by atoms with Gasteiger partial charge < -0.3 is 10.2 Å². The van der Waals surface area contributed by atoms with Crippen molar-refractivity contribution in [2.45, 2.75) is 38.1 Å². The Hall–Kier alpha value is -0.610. The first-order valence-electron chi connectivity index (χ1n) is 7.55. The van der Waals surface area contributed by atoms with Crippen LogP contribution in [-0.4, -0.2) is 61.0 Å². The lowest BCUT2D eigenvalue weighted by molar-refractivity contribution is -0.134. The Kier molecular flexibility index (Phi) is 3.85. The summed E-state index contributed by atoms with van der Waals surface area (Å²) < 4.78 is 0. The number of piperazine rings is 1. The lowest BCUT2D eigenvalue weighted by atomic mass is 9.94. The van der Waals surface area contributed by atoms with Gasteiger partial charge in [0.05, 0.1) is 0 Å². The second kappa shape index (κ2) is 5.57. The van der Waals surface area contributed by atoms with E-state index in [1.54, 1.807) is 0 Å². The van der Waals surface area contributed by atoms with E-state index in [9.17, 15) is 4.79 Å². The highest BCUT2D eigenvalue weighted by Gasteiger charge is 2.32. The maximum Gasteiger partial charge on any atom is 0.222 e. The lowest BCUT2D eigenvalue weighted by Gasteiger charge is -2.35. The van der Waals surface area contributed by atoms with Crippen LogP contribution in [0.25, 0.3) is 0 Å². The van der Waals surface area contributed by atoms with Gasteiger partial charge in [-0.15, -0.1) is 0 Å². The highest BCUT2D eigenvalue weighted by molar-refractivity contribution is 5.76. The van der Waals surface area contributed by atoms with E-state index in [-0.39, 0.29) is 0 Å². The van der Waals surface area contributed by atoms with Gasteiger partial charge in [-0.3, -0.25) is 9.69 Å². The molecule has 0 radical (unpaired) electrons. The Morgan fingerprint density at radius 3 is 2.28 bits per heavy atom. The number of hydrogen-bond acceptors (Lipinski definition) is 3. The highest BCUT2D eigenvalue weighted by Crippen LogP contribution is 2.27. The minimum Gasteiger partial charge on any atom is -0.340 e. The zero-order valence-corrected chi connectivity index (χ0v) is 11.2. The molecule has 3 rings (SSSR count). The molecule has 0 unspecified atom stereocenters. The quantitative estimate of drug-likeness (QED) is 0.801. The van der Waals surface area contributed by atoms with Crippen LogP contribution in [0.15, 0.2) is 0 Å². The van der Waals surface area contributed by atoms with Crippen molar-refractivity contribution >= 4 is 5.91 Å². The molecule has 0 aromatic heterocycles. The summed E-state index contributed by atoms with van der Waals surface area (Å²) in [6, 6.07) is 0.853. The van der Waals surface area contributed by atoms with Crippen molar-refractivity contribution in [3.8, 4) is 0 Å². The first-order valence-corrected chi connectivity index (χ1v) is 7.55. The van der Waals surface area contributed by atoms with Crippen LogP contribution in [0.1, 0.15) is 32.1 Å². The number of nitrogens with zero attached hydrogens (tertiary/aromatic N) is 2. The molecule has 0 aromatic rings. The Morgan fingerprint density at radius 1 is 1.00 bits per heavy atom. The number of carbonyl (C=O) groups excluding carboxylic acids is 1. The molecule has 1 saturated carbocycles. The van der Waals surface area contributed by atoms with E-state index in [0.29, 0.717) is 11.8 Å². The molecule has 0 bridgehead atoms. The van der Waals surface area contributed by atoms with Gasteiger partial charge in [0.1, 0.15) is 0 Å². The summed E-state index contributed by atoms with van der Waals surface area (Å²) in [7, 11) is 0. The van der Waals surface area contributed by atoms with Crippen molar-refractivity contribution in [1.82, 2.24) is 15.1 Å². The van der Waals surface area contributed by atoms with E-state index in [1.165, 1.54) is 25.7 Å². The van der Waals surface area contributed by atoms with Crippen LogP contribution >= 0.6 is 0 Å². The second-order valence-electron chi connectivity index (χ2n) is 6.05. The van der Waals surface area contributed by atoms with E-state index >= 15 is 0 Å². The molecule has 1 aliphatic carbocycles. The standard InChI is InChI=1S/C14H25N3O/c18-14(11-12-3-5-15-6-4-12)17-9-7-16(8-10-17)13-1-2-13/h12-13,15H,1-11H2. The van der Waals surface area contributed by atoms with Gasteiger partial charge in [-0.2, -0.15) is 0 Å². The molecule has 2 aliphatic heterocycles. The van der Waals surface area contributed by atoms with E-state index in [0.717, 1.165) is 51.7 Å². The van der Waals surface area contributed by atoms with Gasteiger partial charge in [-0.1, -0.05) is 0 Å². The average molecular weight is 251 g/mol. The number of carbonyl (C=O) groups is 1. The predicted octanol–water partition coefficient (Wildman–Crippen LogP) is 0.683. The molecule has 18 heavy (non-hydrogen) atoms. The zero-order chi connectivity index (χ0) is 12.4. The molecule has 0 aromatic carbocycles. The molecule has 4 heteroatoms. The van der Waals surface area contributed by atoms with Gasteiger partial charge in [0.2, 0.25) is 5.91 Å². The van der Waals surface area contributed by atoms with Crippen molar-refractivity contribution in [2.24, 2.45) is 5.92 Å². The van der Waals surface area contributed by atoms with Crippen molar-refractivity contribution in [3.05, 3.63) is 0 Å². The summed E-state index contributed by atoms with van der Waals surface area (Å²) in [4.78, 5) is 16.9. The Bertz CT molecular complexity index is 289. The molecule has 1 N–H and O–H groups in total. The molecule has 3 aliphatic rings. The average Bonchev–Trinajstić information content (AvgIpc) is 3.24. The van der Waals surface area contributed by atoms with E-state index < -0.39 is 0 Å². The van der Waals surface area contributed by atoms with Crippen molar-refractivity contribution in [2.75, 3.05) is 39.3 Å². The van der Waals surface area contributed by atoms with Crippen molar-refractivity contribution in [1.29, 1.82) is 0 Å². The van der Waals surface area contributed by atoms with Gasteiger partial charge in [-0.25, -0.2) is 0 Å². The summed E-state index contributed by atoms with van der Waals surface area (Å²) in [5.74, 6) is 1.03. The molecule has 2 saturated heterocycles. The third kappa shape index (κ3) is 3.04. The summed E-state index contributed by atoms with van der Waals surface area (Å²) in [6.07, 6.45) is 5.89. The van der Waals surface area contributed by atoms with Crippen LogP contribution in [-0.2, 0) is 4.79 Å². The highest BCUT2D eigenvalue weighted by atomic mass is 16.2. The fourth-order valence-electron chi connectivity index (χ4n) is 3.24. The fourth-order valence-corrected chi connectivity index (χ4v) is 3.24. The van der Waals surface area contributed by atoms with Crippen molar-refractivity contribution < 1.29 is 4.79 Å². The number of piperidine rings is 1. The zero-order valence-electron chi connectivity index (χ0n) is 11.2. The normalized spacial score (nSPS) is 27.4. The lowest BCUT2D eigenvalue weighted by Crippen LogP contribution is -2.49. The molecule has 0 atom stereocenters. The molecule has 0 spiro atoms. The summed E-state index contributed by atoms with van der Waals surface area (Å²) in [5.41, 5.74) is 0. The number of hydrogen-bond donors (Lipinski definition) is 1. The van der Waals surface area contributed by atoms with Gasteiger partial charge in [0.25, 0.3) is 0 Å². The smallest absolute Gasteiger partial charge is 0.222 e. The molecule has 2 heterocycles. The summed E-state index contributed by atoms with van der Waals surface area (Å²) in [6.45, 7) is 6.30.